The fourth-order valence-corrected chi connectivity index (χ4v) is 1.20. The molecule has 0 amide bonds. The van der Waals surface area contributed by atoms with Gasteiger partial charge in [-0.25, -0.2) is 4.39 Å². The highest BCUT2D eigenvalue weighted by Gasteiger charge is 2.02. The quantitative estimate of drug-likeness (QED) is 0.780. The lowest BCUT2D eigenvalue weighted by Crippen LogP contribution is -2.21. The fraction of sp³-hybridized carbons (Fsp3) is 0.455. The van der Waals surface area contributed by atoms with Gasteiger partial charge in [0, 0.05) is 18.5 Å². The van der Waals surface area contributed by atoms with Crippen LogP contribution in [-0.2, 0) is 0 Å². The highest BCUT2D eigenvalue weighted by molar-refractivity contribution is 5.22. The molecule has 0 heterocycles. The zero-order valence-electron chi connectivity index (χ0n) is 8.59. The Morgan fingerprint density at radius 1 is 1.50 bits per heavy atom. The van der Waals surface area contributed by atoms with Crippen molar-refractivity contribution in [1.29, 1.82) is 0 Å². The molecule has 1 unspecified atom stereocenters. The van der Waals surface area contributed by atoms with Crippen LogP contribution in [0.1, 0.15) is 6.92 Å². The van der Waals surface area contributed by atoms with Gasteiger partial charge in [0.25, 0.3) is 0 Å². The van der Waals surface area contributed by atoms with Gasteiger partial charge >= 0.3 is 0 Å². The van der Waals surface area contributed by atoms with E-state index in [-0.39, 0.29) is 5.82 Å². The number of halogens is 1. The van der Waals surface area contributed by atoms with Crippen molar-refractivity contribution in [1.82, 2.24) is 5.32 Å². The number of ether oxygens (including phenoxy) is 1. The summed E-state index contributed by atoms with van der Waals surface area (Å²) in [5, 5.41) is 3.06. The summed E-state index contributed by atoms with van der Waals surface area (Å²) in [7, 11) is 1.90. The van der Waals surface area contributed by atoms with Gasteiger partial charge in [-0.1, -0.05) is 13.0 Å². The zero-order valence-corrected chi connectivity index (χ0v) is 8.59. The molecule has 0 aromatic heterocycles. The summed E-state index contributed by atoms with van der Waals surface area (Å²) in [6, 6.07) is 6.21. The average Bonchev–Trinajstić information content (AvgIpc) is 2.15. The van der Waals surface area contributed by atoms with E-state index < -0.39 is 0 Å². The SMILES string of the molecule is CNCC(C)COc1cccc(F)c1. The van der Waals surface area contributed by atoms with Gasteiger partial charge in [-0.15, -0.1) is 0 Å². The summed E-state index contributed by atoms with van der Waals surface area (Å²) < 4.78 is 18.2. The summed E-state index contributed by atoms with van der Waals surface area (Å²) in [5.41, 5.74) is 0. The lowest BCUT2D eigenvalue weighted by molar-refractivity contribution is 0.257. The molecule has 1 N–H and O–H groups in total. The highest BCUT2D eigenvalue weighted by Crippen LogP contribution is 2.12. The topological polar surface area (TPSA) is 21.3 Å². The number of nitrogens with one attached hydrogen (secondary N) is 1. The largest absolute Gasteiger partial charge is 0.493 e. The van der Waals surface area contributed by atoms with Gasteiger partial charge in [0.1, 0.15) is 11.6 Å². The first kappa shape index (κ1) is 11.0. The molecule has 1 atom stereocenters. The van der Waals surface area contributed by atoms with Crippen molar-refractivity contribution in [2.75, 3.05) is 20.2 Å². The van der Waals surface area contributed by atoms with E-state index in [0.717, 1.165) is 6.54 Å². The van der Waals surface area contributed by atoms with Crippen LogP contribution in [0.2, 0.25) is 0 Å². The Bertz CT molecular complexity index is 278. The Morgan fingerprint density at radius 3 is 2.93 bits per heavy atom. The third-order valence-electron chi connectivity index (χ3n) is 1.88. The van der Waals surface area contributed by atoms with Crippen LogP contribution in [0.5, 0.6) is 5.75 Å². The van der Waals surface area contributed by atoms with Crippen LogP contribution in [0.4, 0.5) is 4.39 Å². The van der Waals surface area contributed by atoms with Gasteiger partial charge in [-0.05, 0) is 19.2 Å². The summed E-state index contributed by atoms with van der Waals surface area (Å²) in [4.78, 5) is 0. The Labute approximate surface area is 84.1 Å². The van der Waals surface area contributed by atoms with Crippen LogP contribution in [0.3, 0.4) is 0 Å². The minimum Gasteiger partial charge on any atom is -0.493 e. The van der Waals surface area contributed by atoms with Crippen molar-refractivity contribution >= 4 is 0 Å². The molecular formula is C11H16FNO. The molecule has 0 saturated carbocycles. The van der Waals surface area contributed by atoms with Gasteiger partial charge in [-0.2, -0.15) is 0 Å². The third kappa shape index (κ3) is 3.75. The van der Waals surface area contributed by atoms with Crippen molar-refractivity contribution in [3.63, 3.8) is 0 Å². The van der Waals surface area contributed by atoms with E-state index in [4.69, 9.17) is 4.74 Å². The molecule has 0 aliphatic heterocycles. The maximum absolute atomic E-state index is 12.7. The second kappa shape index (κ2) is 5.60. The average molecular weight is 197 g/mol. The van der Waals surface area contributed by atoms with Gasteiger partial charge in [0.05, 0.1) is 6.61 Å². The van der Waals surface area contributed by atoms with E-state index in [1.54, 1.807) is 12.1 Å². The van der Waals surface area contributed by atoms with Gasteiger partial charge < -0.3 is 10.1 Å². The first-order valence-corrected chi connectivity index (χ1v) is 4.75. The maximum Gasteiger partial charge on any atom is 0.126 e. The number of hydrogen-bond donors (Lipinski definition) is 1. The molecule has 78 valence electrons. The lowest BCUT2D eigenvalue weighted by atomic mass is 10.2. The molecule has 1 rings (SSSR count). The molecule has 0 aliphatic rings. The smallest absolute Gasteiger partial charge is 0.126 e. The standard InChI is InChI=1S/C11H16FNO/c1-9(7-13-2)8-14-11-5-3-4-10(12)6-11/h3-6,9,13H,7-8H2,1-2H3. The van der Waals surface area contributed by atoms with Gasteiger partial charge in [0.15, 0.2) is 0 Å². The monoisotopic (exact) mass is 197 g/mol. The van der Waals surface area contributed by atoms with Crippen LogP contribution in [-0.4, -0.2) is 20.2 Å². The minimum atomic E-state index is -0.260. The molecule has 0 radical (unpaired) electrons. The molecule has 1 aromatic carbocycles. The van der Waals surface area contributed by atoms with Gasteiger partial charge in [0.2, 0.25) is 0 Å². The first-order chi connectivity index (χ1) is 6.72. The number of benzene rings is 1. The van der Waals surface area contributed by atoms with Crippen molar-refractivity contribution in [2.24, 2.45) is 5.92 Å². The first-order valence-electron chi connectivity index (χ1n) is 4.75. The van der Waals surface area contributed by atoms with Crippen LogP contribution < -0.4 is 10.1 Å². The van der Waals surface area contributed by atoms with Crippen LogP contribution >= 0.6 is 0 Å². The highest BCUT2D eigenvalue weighted by atomic mass is 19.1. The summed E-state index contributed by atoms with van der Waals surface area (Å²) in [6.07, 6.45) is 0. The van der Waals surface area contributed by atoms with E-state index in [1.807, 2.05) is 7.05 Å². The molecule has 2 nitrogen and oxygen atoms in total. The molecular weight excluding hydrogens is 181 g/mol. The fourth-order valence-electron chi connectivity index (χ4n) is 1.20. The summed E-state index contributed by atoms with van der Waals surface area (Å²) in [6.45, 7) is 3.58. The van der Waals surface area contributed by atoms with Gasteiger partial charge in [-0.3, -0.25) is 0 Å². The van der Waals surface area contributed by atoms with Crippen molar-refractivity contribution in [3.05, 3.63) is 30.1 Å². The van der Waals surface area contributed by atoms with Crippen molar-refractivity contribution in [2.45, 2.75) is 6.92 Å². The second-order valence-electron chi connectivity index (χ2n) is 3.43. The summed E-state index contributed by atoms with van der Waals surface area (Å²) in [5.74, 6) is 0.750. The van der Waals surface area contributed by atoms with E-state index in [2.05, 4.69) is 12.2 Å². The lowest BCUT2D eigenvalue weighted by Gasteiger charge is -2.12. The van der Waals surface area contributed by atoms with E-state index in [0.29, 0.717) is 18.3 Å². The molecule has 0 spiro atoms. The molecule has 14 heavy (non-hydrogen) atoms. The molecule has 0 aliphatic carbocycles. The maximum atomic E-state index is 12.7. The minimum absolute atomic E-state index is 0.260. The Hall–Kier alpha value is -1.09. The normalized spacial score (nSPS) is 12.5. The third-order valence-corrected chi connectivity index (χ3v) is 1.88. The summed E-state index contributed by atoms with van der Waals surface area (Å²) >= 11 is 0. The molecule has 0 bridgehead atoms. The predicted octanol–water partition coefficient (Wildman–Crippen LogP) is 2.06. The Balaban J connectivity index is 2.37. The molecule has 1 aromatic rings. The number of hydrogen-bond acceptors (Lipinski definition) is 2. The van der Waals surface area contributed by atoms with E-state index in [1.165, 1.54) is 12.1 Å². The molecule has 3 heteroatoms. The van der Waals surface area contributed by atoms with Crippen LogP contribution in [0.15, 0.2) is 24.3 Å². The van der Waals surface area contributed by atoms with E-state index in [9.17, 15) is 4.39 Å². The second-order valence-corrected chi connectivity index (χ2v) is 3.43. The predicted molar refractivity (Wildman–Crippen MR) is 55.0 cm³/mol. The zero-order chi connectivity index (χ0) is 10.4. The number of rotatable bonds is 5. The van der Waals surface area contributed by atoms with E-state index >= 15 is 0 Å². The Morgan fingerprint density at radius 2 is 2.29 bits per heavy atom. The van der Waals surface area contributed by atoms with Crippen molar-refractivity contribution < 1.29 is 9.13 Å². The van der Waals surface area contributed by atoms with Crippen LogP contribution in [0.25, 0.3) is 0 Å². The Kier molecular flexibility index (Phi) is 4.40. The molecule has 0 saturated heterocycles. The van der Waals surface area contributed by atoms with Crippen LogP contribution in [0, 0.1) is 11.7 Å². The molecule has 0 fully saturated rings. The van der Waals surface area contributed by atoms with Crippen molar-refractivity contribution in [3.8, 4) is 5.75 Å².